The van der Waals surface area contributed by atoms with Crippen LogP contribution in [0.25, 0.3) is 0 Å². The number of likely N-dealkylation sites (tertiary alicyclic amines) is 1. The molecule has 2 aromatic heterocycles. The molecule has 2 fully saturated rings. The van der Waals surface area contributed by atoms with Crippen molar-refractivity contribution in [3.63, 3.8) is 0 Å². The largest absolute Gasteiger partial charge is 0.382 e. The first-order valence-electron chi connectivity index (χ1n) is 13.4. The molecule has 9 nitrogen and oxygen atoms in total. The van der Waals surface area contributed by atoms with Gasteiger partial charge in [0.1, 0.15) is 32.9 Å². The average Bonchev–Trinajstić information content (AvgIpc) is 3.33. The molecule has 0 unspecified atom stereocenters. The van der Waals surface area contributed by atoms with Crippen LogP contribution in [0.4, 0.5) is 19.7 Å². The molecule has 3 aromatic rings. The van der Waals surface area contributed by atoms with E-state index in [0.717, 1.165) is 36.6 Å². The molecule has 0 amide bonds. The van der Waals surface area contributed by atoms with Crippen molar-refractivity contribution in [3.8, 4) is 11.8 Å². The van der Waals surface area contributed by atoms with Crippen LogP contribution in [0.5, 0.6) is 0 Å². The highest BCUT2D eigenvalue weighted by Crippen LogP contribution is 2.31. The van der Waals surface area contributed by atoms with Gasteiger partial charge in [-0.3, -0.25) is 9.69 Å². The van der Waals surface area contributed by atoms with E-state index in [9.17, 15) is 22.0 Å². The molecule has 1 aromatic carbocycles. The van der Waals surface area contributed by atoms with Gasteiger partial charge in [0.2, 0.25) is 15.8 Å². The van der Waals surface area contributed by atoms with Crippen LogP contribution < -0.4 is 11.1 Å². The second-order valence-electron chi connectivity index (χ2n) is 10.00. The second-order valence-corrected chi connectivity index (χ2v) is 12.9. The predicted octanol–water partition coefficient (Wildman–Crippen LogP) is 3.73. The first kappa shape index (κ1) is 29.1. The fourth-order valence-electron chi connectivity index (χ4n) is 4.92. The number of piperidine rings is 2. The molecule has 0 atom stereocenters. The molecule has 5 rings (SSSR count). The molecule has 0 aliphatic carbocycles. The number of carbonyl (C=O) groups is 1. The Kier molecular flexibility index (Phi) is 8.94. The van der Waals surface area contributed by atoms with Crippen LogP contribution in [-0.2, 0) is 10.0 Å². The van der Waals surface area contributed by atoms with Crippen LogP contribution in [0.3, 0.4) is 0 Å². The number of ketones is 1. The third-order valence-electron chi connectivity index (χ3n) is 7.17. The maximum Gasteiger partial charge on any atom is 0.244 e. The van der Waals surface area contributed by atoms with Crippen molar-refractivity contribution < 1.29 is 22.0 Å². The summed E-state index contributed by atoms with van der Waals surface area (Å²) in [6.45, 7) is 3.33. The molecular formula is C28H30F2N6O3S2. The zero-order valence-electron chi connectivity index (χ0n) is 22.3. The van der Waals surface area contributed by atoms with Gasteiger partial charge in [0.25, 0.3) is 0 Å². The van der Waals surface area contributed by atoms with Crippen molar-refractivity contribution >= 4 is 38.1 Å². The topological polar surface area (TPSA) is 122 Å². The normalized spacial score (nSPS) is 17.1. The lowest BCUT2D eigenvalue weighted by Crippen LogP contribution is -2.42. The van der Waals surface area contributed by atoms with E-state index in [1.54, 1.807) is 6.07 Å². The van der Waals surface area contributed by atoms with Crippen molar-refractivity contribution in [3.05, 3.63) is 64.3 Å². The summed E-state index contributed by atoms with van der Waals surface area (Å²) in [5.41, 5.74) is 5.74. The first-order valence-corrected chi connectivity index (χ1v) is 15.7. The number of rotatable bonds is 7. The minimum Gasteiger partial charge on any atom is -0.382 e. The Bertz CT molecular complexity index is 1550. The SMILES string of the molecule is Nc1nc(NC2CCN(S(=O)(=O)c3ccc(C#CCN4CCCCC4)nc3)CC2)sc1C(=O)c1c(F)cccc1F. The van der Waals surface area contributed by atoms with Crippen LogP contribution >= 0.6 is 11.3 Å². The number of hydrogen-bond acceptors (Lipinski definition) is 9. The minimum atomic E-state index is -3.73. The number of nitrogens with two attached hydrogens (primary N) is 1. The van der Waals surface area contributed by atoms with Gasteiger partial charge in [0.15, 0.2) is 5.13 Å². The van der Waals surface area contributed by atoms with Gasteiger partial charge in [-0.25, -0.2) is 27.2 Å². The van der Waals surface area contributed by atoms with E-state index in [0.29, 0.717) is 30.2 Å². The quantitative estimate of drug-likeness (QED) is 0.311. The summed E-state index contributed by atoms with van der Waals surface area (Å²) in [7, 11) is -3.73. The number of hydrogen-bond donors (Lipinski definition) is 2. The van der Waals surface area contributed by atoms with Gasteiger partial charge in [0, 0.05) is 25.3 Å². The van der Waals surface area contributed by atoms with E-state index in [-0.39, 0.29) is 34.7 Å². The fraction of sp³-hybridized carbons (Fsp3) is 0.393. The fourth-order valence-corrected chi connectivity index (χ4v) is 7.24. The Morgan fingerprint density at radius 2 is 1.78 bits per heavy atom. The van der Waals surface area contributed by atoms with Crippen molar-refractivity contribution in [1.29, 1.82) is 0 Å². The molecule has 2 saturated heterocycles. The summed E-state index contributed by atoms with van der Waals surface area (Å²) in [4.78, 5) is 23.5. The van der Waals surface area contributed by atoms with Gasteiger partial charge < -0.3 is 11.1 Å². The summed E-state index contributed by atoms with van der Waals surface area (Å²) in [5, 5.41) is 3.50. The van der Waals surface area contributed by atoms with E-state index in [1.807, 2.05) is 0 Å². The van der Waals surface area contributed by atoms with E-state index in [2.05, 4.69) is 32.0 Å². The smallest absolute Gasteiger partial charge is 0.244 e. The van der Waals surface area contributed by atoms with Crippen LogP contribution in [0.2, 0.25) is 0 Å². The number of halogens is 2. The number of pyridine rings is 1. The van der Waals surface area contributed by atoms with Gasteiger partial charge in [-0.05, 0) is 69.0 Å². The number of nitrogens with one attached hydrogen (secondary N) is 1. The Hall–Kier alpha value is -3.44. The highest BCUT2D eigenvalue weighted by molar-refractivity contribution is 7.89. The second kappa shape index (κ2) is 12.6. The lowest BCUT2D eigenvalue weighted by Gasteiger charge is -2.31. The molecule has 0 saturated carbocycles. The third-order valence-corrected chi connectivity index (χ3v) is 10.1. The molecule has 0 spiro atoms. The summed E-state index contributed by atoms with van der Waals surface area (Å²) in [6.07, 6.45) is 5.97. The highest BCUT2D eigenvalue weighted by atomic mass is 32.2. The summed E-state index contributed by atoms with van der Waals surface area (Å²) in [5.74, 6) is 3.18. The van der Waals surface area contributed by atoms with E-state index < -0.39 is 33.0 Å². The molecular weight excluding hydrogens is 570 g/mol. The number of benzene rings is 1. The summed E-state index contributed by atoms with van der Waals surface area (Å²) in [6, 6.07) is 6.22. The number of carbonyl (C=O) groups excluding carboxylic acids is 1. The summed E-state index contributed by atoms with van der Waals surface area (Å²) < 4.78 is 56.0. The maximum absolute atomic E-state index is 14.1. The molecule has 0 radical (unpaired) electrons. The number of nitrogens with zero attached hydrogens (tertiary/aromatic N) is 4. The molecule has 216 valence electrons. The monoisotopic (exact) mass is 600 g/mol. The molecule has 13 heteroatoms. The van der Waals surface area contributed by atoms with E-state index >= 15 is 0 Å². The molecule has 41 heavy (non-hydrogen) atoms. The number of nitrogen functional groups attached to an aromatic ring is 1. The standard InChI is InChI=1S/C28H30F2N6O3S2/c29-22-7-4-8-23(30)24(22)25(37)26-27(31)34-28(40-26)33-20-11-16-36(17-12-20)41(38,39)21-10-9-19(32-18-21)6-5-15-35-13-2-1-3-14-35/h4,7-10,18,20H,1-3,11-17,31H2,(H,33,34). The van der Waals surface area contributed by atoms with Crippen molar-refractivity contribution in [1.82, 2.24) is 19.2 Å². The predicted molar refractivity (Wildman–Crippen MR) is 153 cm³/mol. The van der Waals surface area contributed by atoms with E-state index in [1.165, 1.54) is 41.9 Å². The van der Waals surface area contributed by atoms with Crippen LogP contribution in [0.1, 0.15) is 53.0 Å². The number of sulfonamides is 1. The number of aromatic nitrogens is 2. The Morgan fingerprint density at radius 3 is 2.44 bits per heavy atom. The molecule has 4 heterocycles. The minimum absolute atomic E-state index is 0.0661. The van der Waals surface area contributed by atoms with Crippen LogP contribution in [-0.4, -0.2) is 72.1 Å². The highest BCUT2D eigenvalue weighted by Gasteiger charge is 2.31. The average molecular weight is 601 g/mol. The van der Waals surface area contributed by atoms with Crippen molar-refractivity contribution in [2.24, 2.45) is 0 Å². The number of anilines is 2. The number of thiazole rings is 1. The van der Waals surface area contributed by atoms with Crippen molar-refractivity contribution in [2.75, 3.05) is 43.8 Å². The van der Waals surface area contributed by atoms with Crippen LogP contribution in [0.15, 0.2) is 41.4 Å². The lowest BCUT2D eigenvalue weighted by molar-refractivity contribution is 0.103. The molecule has 2 aliphatic heterocycles. The molecule has 3 N–H and O–H groups in total. The van der Waals surface area contributed by atoms with Gasteiger partial charge in [0.05, 0.1) is 12.1 Å². The summed E-state index contributed by atoms with van der Waals surface area (Å²) >= 11 is 0.908. The Labute approximate surface area is 241 Å². The van der Waals surface area contributed by atoms with Gasteiger partial charge in [-0.1, -0.05) is 29.7 Å². The zero-order valence-corrected chi connectivity index (χ0v) is 23.9. The Morgan fingerprint density at radius 1 is 1.07 bits per heavy atom. The van der Waals surface area contributed by atoms with Crippen molar-refractivity contribution in [2.45, 2.75) is 43.0 Å². The Balaban J connectivity index is 1.16. The zero-order chi connectivity index (χ0) is 29.0. The lowest BCUT2D eigenvalue weighted by atomic mass is 10.1. The first-order chi connectivity index (χ1) is 19.7. The van der Waals surface area contributed by atoms with E-state index in [4.69, 9.17) is 5.73 Å². The third kappa shape index (κ3) is 6.73. The molecule has 2 aliphatic rings. The van der Waals surface area contributed by atoms with Gasteiger partial charge >= 0.3 is 0 Å². The van der Waals surface area contributed by atoms with Gasteiger partial charge in [-0.2, -0.15) is 4.31 Å². The van der Waals surface area contributed by atoms with Gasteiger partial charge in [-0.15, -0.1) is 0 Å². The molecule has 0 bridgehead atoms. The maximum atomic E-state index is 14.1. The van der Waals surface area contributed by atoms with Crippen LogP contribution in [0, 0.1) is 23.5 Å².